The van der Waals surface area contributed by atoms with Crippen LogP contribution in [0.15, 0.2) is 17.2 Å². The van der Waals surface area contributed by atoms with Crippen molar-refractivity contribution < 1.29 is 38.3 Å². The Labute approximate surface area is 113 Å². The maximum Gasteiger partial charge on any atom is 1.00 e. The summed E-state index contributed by atoms with van der Waals surface area (Å²) in [6.45, 7) is 1.96. The average Bonchev–Trinajstić information content (AvgIpc) is 2.71. The number of nitrogens with zero attached hydrogens (tertiary/aromatic N) is 3. The molecule has 0 aliphatic carbocycles. The Morgan fingerprint density at radius 3 is 2.40 bits per heavy atom. The monoisotopic (exact) mass is 235 g/mol. The molecular formula is C8H10N3NaO2S. The van der Waals surface area contributed by atoms with E-state index in [1.807, 2.05) is 0 Å². The minimum Gasteiger partial charge on any atom is -0.767 e. The third kappa shape index (κ3) is 3.22. The summed E-state index contributed by atoms with van der Waals surface area (Å²) in [5, 5.41) is 7.48. The molecule has 0 bridgehead atoms. The molecule has 0 amide bonds. The summed E-state index contributed by atoms with van der Waals surface area (Å²) >= 11 is -2.28. The van der Waals surface area contributed by atoms with Crippen LogP contribution in [-0.4, -0.2) is 32.0 Å². The van der Waals surface area contributed by atoms with Crippen LogP contribution in [0, 0.1) is 0 Å². The summed E-state index contributed by atoms with van der Waals surface area (Å²) in [6, 6.07) is 3.17. The minimum absolute atomic E-state index is 0. The second-order valence-electron chi connectivity index (χ2n) is 3.16. The molecular weight excluding hydrogens is 225 g/mol. The van der Waals surface area contributed by atoms with Gasteiger partial charge in [-0.25, -0.2) is 0 Å². The molecule has 2 heterocycles. The van der Waals surface area contributed by atoms with Crippen molar-refractivity contribution >= 4 is 16.9 Å². The van der Waals surface area contributed by atoms with E-state index in [0.717, 1.165) is 31.7 Å². The molecule has 1 atom stereocenters. The Kier molecular flexibility index (Phi) is 5.14. The molecule has 1 saturated heterocycles. The molecule has 1 aliphatic heterocycles. The Hall–Kier alpha value is -0.0100. The predicted molar refractivity (Wildman–Crippen MR) is 50.7 cm³/mol. The van der Waals surface area contributed by atoms with Gasteiger partial charge in [0, 0.05) is 13.1 Å². The molecule has 0 spiro atoms. The van der Waals surface area contributed by atoms with Crippen molar-refractivity contribution in [3.8, 4) is 0 Å². The molecule has 1 aliphatic rings. The van der Waals surface area contributed by atoms with E-state index in [1.54, 1.807) is 6.07 Å². The van der Waals surface area contributed by atoms with Crippen LogP contribution >= 0.6 is 0 Å². The average molecular weight is 235 g/mol. The van der Waals surface area contributed by atoms with Crippen LogP contribution in [0.2, 0.25) is 0 Å². The molecule has 0 N–H and O–H groups in total. The van der Waals surface area contributed by atoms with Gasteiger partial charge < -0.3 is 9.45 Å². The number of rotatable bonds is 2. The quantitative estimate of drug-likeness (QED) is 0.413. The summed E-state index contributed by atoms with van der Waals surface area (Å²) in [6.07, 6.45) is 2.33. The Balaban J connectivity index is 0.00000112. The van der Waals surface area contributed by atoms with Crippen molar-refractivity contribution in [3.63, 3.8) is 0 Å². The number of hydrogen-bond donors (Lipinski definition) is 0. The zero-order valence-corrected chi connectivity index (χ0v) is 11.4. The van der Waals surface area contributed by atoms with Gasteiger partial charge in [-0.05, 0) is 36.1 Å². The van der Waals surface area contributed by atoms with Gasteiger partial charge in [-0.15, -0.1) is 10.2 Å². The molecule has 2 rings (SSSR count). The zero-order valence-electron chi connectivity index (χ0n) is 8.55. The number of aromatic nitrogens is 2. The molecule has 15 heavy (non-hydrogen) atoms. The second kappa shape index (κ2) is 5.91. The van der Waals surface area contributed by atoms with E-state index in [4.69, 9.17) is 0 Å². The van der Waals surface area contributed by atoms with Gasteiger partial charge in [-0.1, -0.05) is 0 Å². The van der Waals surface area contributed by atoms with E-state index in [2.05, 4.69) is 15.1 Å². The van der Waals surface area contributed by atoms with Gasteiger partial charge in [0.15, 0.2) is 5.82 Å². The maximum absolute atomic E-state index is 10.5. The van der Waals surface area contributed by atoms with Crippen LogP contribution in [0.4, 0.5) is 5.82 Å². The van der Waals surface area contributed by atoms with Gasteiger partial charge >= 0.3 is 29.6 Å². The van der Waals surface area contributed by atoms with Crippen molar-refractivity contribution in [1.82, 2.24) is 10.2 Å². The fraction of sp³-hybridized carbons (Fsp3) is 0.500. The first-order chi connectivity index (χ1) is 6.77. The predicted octanol–water partition coefficient (Wildman–Crippen LogP) is -2.68. The largest absolute Gasteiger partial charge is 1.00 e. The molecule has 7 heteroatoms. The van der Waals surface area contributed by atoms with Crippen LogP contribution in [0.25, 0.3) is 0 Å². The third-order valence-electron chi connectivity index (χ3n) is 2.23. The normalized spacial score (nSPS) is 17.3. The van der Waals surface area contributed by atoms with Crippen LogP contribution < -0.4 is 34.5 Å². The van der Waals surface area contributed by atoms with Gasteiger partial charge in [0.05, 0.1) is 0 Å². The number of anilines is 1. The Bertz CT molecular complexity index is 340. The second-order valence-corrected chi connectivity index (χ2v) is 4.05. The molecule has 0 radical (unpaired) electrons. The molecule has 1 aromatic heterocycles. The van der Waals surface area contributed by atoms with E-state index in [0.29, 0.717) is 0 Å². The first kappa shape index (κ1) is 13.1. The molecule has 1 aromatic rings. The SMILES string of the molecule is O=S([O-])c1ccc(N2CCCC2)nn1.[Na+]. The van der Waals surface area contributed by atoms with Crippen molar-refractivity contribution in [2.75, 3.05) is 18.0 Å². The fourth-order valence-electron chi connectivity index (χ4n) is 1.52. The summed E-state index contributed by atoms with van der Waals surface area (Å²) in [4.78, 5) is 2.10. The van der Waals surface area contributed by atoms with E-state index in [-0.39, 0.29) is 34.6 Å². The Morgan fingerprint density at radius 1 is 1.27 bits per heavy atom. The number of hydrogen-bond acceptors (Lipinski definition) is 5. The van der Waals surface area contributed by atoms with Crippen LogP contribution in [0.1, 0.15) is 12.8 Å². The zero-order chi connectivity index (χ0) is 9.97. The summed E-state index contributed by atoms with van der Waals surface area (Å²) in [5.41, 5.74) is 0. The topological polar surface area (TPSA) is 69.2 Å². The van der Waals surface area contributed by atoms with Crippen LogP contribution in [-0.2, 0) is 11.1 Å². The van der Waals surface area contributed by atoms with Crippen molar-refractivity contribution in [2.24, 2.45) is 0 Å². The summed E-state index contributed by atoms with van der Waals surface area (Å²) in [7, 11) is 0. The summed E-state index contributed by atoms with van der Waals surface area (Å²) < 4.78 is 21.0. The van der Waals surface area contributed by atoms with Crippen molar-refractivity contribution in [1.29, 1.82) is 0 Å². The Morgan fingerprint density at radius 2 is 1.93 bits per heavy atom. The van der Waals surface area contributed by atoms with Crippen LogP contribution in [0.3, 0.4) is 0 Å². The first-order valence-corrected chi connectivity index (χ1v) is 5.53. The minimum atomic E-state index is -2.28. The fourth-order valence-corrected chi connectivity index (χ4v) is 1.80. The molecule has 1 unspecified atom stereocenters. The molecule has 5 nitrogen and oxygen atoms in total. The smallest absolute Gasteiger partial charge is 0.767 e. The van der Waals surface area contributed by atoms with Crippen molar-refractivity contribution in [2.45, 2.75) is 17.9 Å². The molecule has 76 valence electrons. The van der Waals surface area contributed by atoms with Gasteiger partial charge in [-0.3, -0.25) is 4.21 Å². The maximum atomic E-state index is 10.5. The van der Waals surface area contributed by atoms with Gasteiger partial charge in [-0.2, -0.15) is 0 Å². The van der Waals surface area contributed by atoms with E-state index in [1.165, 1.54) is 6.07 Å². The van der Waals surface area contributed by atoms with E-state index < -0.39 is 11.1 Å². The van der Waals surface area contributed by atoms with Crippen LogP contribution in [0.5, 0.6) is 0 Å². The first-order valence-electron chi connectivity index (χ1n) is 4.45. The third-order valence-corrected chi connectivity index (χ3v) is 2.79. The summed E-state index contributed by atoms with van der Waals surface area (Å²) in [5.74, 6) is 0.761. The molecule has 0 aromatic carbocycles. The molecule has 0 saturated carbocycles. The van der Waals surface area contributed by atoms with Gasteiger partial charge in [0.1, 0.15) is 5.03 Å². The molecule has 1 fully saturated rings. The van der Waals surface area contributed by atoms with Gasteiger partial charge in [0.25, 0.3) is 0 Å². The van der Waals surface area contributed by atoms with Gasteiger partial charge in [0.2, 0.25) is 0 Å². The van der Waals surface area contributed by atoms with Crippen molar-refractivity contribution in [3.05, 3.63) is 12.1 Å². The van der Waals surface area contributed by atoms with E-state index >= 15 is 0 Å². The van der Waals surface area contributed by atoms with E-state index in [9.17, 15) is 8.76 Å². The standard InChI is InChI=1S/C8H11N3O2S.Na/c12-14(13)8-4-3-7(9-10-8)11-5-1-2-6-11;/h3-4H,1-2,5-6H2,(H,12,13);/q;+1/p-1.